The fourth-order valence-electron chi connectivity index (χ4n) is 3.03. The van der Waals surface area contributed by atoms with Crippen LogP contribution in [-0.4, -0.2) is 18.5 Å². The maximum Gasteiger partial charge on any atom is 0.338 e. The van der Waals surface area contributed by atoms with Crippen LogP contribution in [0.2, 0.25) is 0 Å². The van der Waals surface area contributed by atoms with E-state index in [-0.39, 0.29) is 12.5 Å². The molecule has 0 spiro atoms. The summed E-state index contributed by atoms with van der Waals surface area (Å²) in [6, 6.07) is 11.4. The predicted molar refractivity (Wildman–Crippen MR) is 93.3 cm³/mol. The van der Waals surface area contributed by atoms with Gasteiger partial charge < -0.3 is 10.1 Å². The van der Waals surface area contributed by atoms with Crippen molar-refractivity contribution >= 4 is 17.6 Å². The Morgan fingerprint density at radius 3 is 2.71 bits per heavy atom. The fraction of sp³-hybridized carbons (Fsp3) is 0.300. The van der Waals surface area contributed by atoms with Crippen LogP contribution in [0.3, 0.4) is 0 Å². The normalized spacial score (nSPS) is 12.6. The van der Waals surface area contributed by atoms with Gasteiger partial charge in [-0.25, -0.2) is 4.79 Å². The zero-order valence-electron chi connectivity index (χ0n) is 14.0. The average molecular weight is 323 g/mol. The number of esters is 1. The highest BCUT2D eigenvalue weighted by Gasteiger charge is 2.15. The van der Waals surface area contributed by atoms with Gasteiger partial charge in [0.25, 0.3) is 5.91 Å². The first-order valence-corrected chi connectivity index (χ1v) is 8.19. The highest BCUT2D eigenvalue weighted by Crippen LogP contribution is 2.24. The first-order chi connectivity index (χ1) is 11.5. The summed E-state index contributed by atoms with van der Waals surface area (Å²) in [6.45, 7) is 3.52. The topological polar surface area (TPSA) is 55.4 Å². The lowest BCUT2D eigenvalue weighted by Gasteiger charge is -2.10. The number of ether oxygens (including phenoxy) is 1. The SMILES string of the molecule is Cc1cccc(C(=O)OCC(=O)Nc2ccc3c(c2)CCC3)c1C. The molecule has 0 aliphatic heterocycles. The van der Waals surface area contributed by atoms with Gasteiger partial charge in [-0.05, 0) is 73.6 Å². The molecule has 0 aromatic heterocycles. The van der Waals surface area contributed by atoms with Crippen molar-refractivity contribution in [1.82, 2.24) is 0 Å². The van der Waals surface area contributed by atoms with E-state index < -0.39 is 5.97 Å². The van der Waals surface area contributed by atoms with E-state index in [0.717, 1.165) is 29.7 Å². The van der Waals surface area contributed by atoms with Crippen LogP contribution in [0.1, 0.15) is 39.0 Å². The summed E-state index contributed by atoms with van der Waals surface area (Å²) in [6.07, 6.45) is 3.33. The predicted octanol–water partition coefficient (Wildman–Crippen LogP) is 3.59. The molecule has 0 saturated heterocycles. The van der Waals surface area contributed by atoms with Crippen LogP contribution in [0, 0.1) is 13.8 Å². The van der Waals surface area contributed by atoms with Crippen LogP contribution in [0.25, 0.3) is 0 Å². The van der Waals surface area contributed by atoms with Crippen molar-refractivity contribution in [2.75, 3.05) is 11.9 Å². The summed E-state index contributed by atoms with van der Waals surface area (Å²) in [5.74, 6) is -0.799. The molecule has 1 N–H and O–H groups in total. The minimum atomic E-state index is -0.472. The van der Waals surface area contributed by atoms with E-state index in [4.69, 9.17) is 4.74 Å². The van der Waals surface area contributed by atoms with Gasteiger partial charge >= 0.3 is 5.97 Å². The van der Waals surface area contributed by atoms with E-state index in [0.29, 0.717) is 5.56 Å². The van der Waals surface area contributed by atoms with Gasteiger partial charge in [0.2, 0.25) is 0 Å². The second-order valence-corrected chi connectivity index (χ2v) is 6.21. The number of carbonyl (C=O) groups excluding carboxylic acids is 2. The van der Waals surface area contributed by atoms with E-state index in [1.54, 1.807) is 6.07 Å². The third-order valence-electron chi connectivity index (χ3n) is 4.54. The van der Waals surface area contributed by atoms with Gasteiger partial charge in [0.1, 0.15) is 0 Å². The van der Waals surface area contributed by atoms with Gasteiger partial charge in [-0.1, -0.05) is 18.2 Å². The minimum Gasteiger partial charge on any atom is -0.452 e. The molecule has 0 fully saturated rings. The molecule has 2 aromatic carbocycles. The third kappa shape index (κ3) is 3.48. The number of rotatable bonds is 4. The van der Waals surface area contributed by atoms with Crippen molar-refractivity contribution in [1.29, 1.82) is 0 Å². The van der Waals surface area contributed by atoms with Crippen molar-refractivity contribution < 1.29 is 14.3 Å². The number of amides is 1. The van der Waals surface area contributed by atoms with E-state index in [1.165, 1.54) is 17.5 Å². The van der Waals surface area contributed by atoms with Gasteiger partial charge in [-0.3, -0.25) is 4.79 Å². The Hall–Kier alpha value is -2.62. The number of hydrogen-bond acceptors (Lipinski definition) is 3. The molecule has 0 atom stereocenters. The number of anilines is 1. The first-order valence-electron chi connectivity index (χ1n) is 8.19. The molecule has 4 nitrogen and oxygen atoms in total. The van der Waals surface area contributed by atoms with Crippen LogP contribution in [0.5, 0.6) is 0 Å². The number of carbonyl (C=O) groups is 2. The molecule has 4 heteroatoms. The Morgan fingerprint density at radius 2 is 1.88 bits per heavy atom. The van der Waals surface area contributed by atoms with Crippen molar-refractivity contribution in [3.05, 3.63) is 64.2 Å². The van der Waals surface area contributed by atoms with Crippen LogP contribution < -0.4 is 5.32 Å². The molecule has 0 radical (unpaired) electrons. The Labute approximate surface area is 141 Å². The van der Waals surface area contributed by atoms with Crippen LogP contribution in [0.4, 0.5) is 5.69 Å². The van der Waals surface area contributed by atoms with Crippen molar-refractivity contribution in [2.24, 2.45) is 0 Å². The zero-order valence-corrected chi connectivity index (χ0v) is 14.0. The minimum absolute atomic E-state index is 0.288. The lowest BCUT2D eigenvalue weighted by atomic mass is 10.0. The number of aryl methyl sites for hydroxylation is 3. The van der Waals surface area contributed by atoms with Crippen LogP contribution in [0.15, 0.2) is 36.4 Å². The Morgan fingerprint density at radius 1 is 1.08 bits per heavy atom. The monoisotopic (exact) mass is 323 g/mol. The zero-order chi connectivity index (χ0) is 17.1. The summed E-state index contributed by atoms with van der Waals surface area (Å²) in [5, 5.41) is 2.79. The summed E-state index contributed by atoms with van der Waals surface area (Å²) in [5.41, 5.74) is 5.80. The van der Waals surface area contributed by atoms with Gasteiger partial charge in [-0.15, -0.1) is 0 Å². The number of benzene rings is 2. The summed E-state index contributed by atoms with van der Waals surface area (Å²) < 4.78 is 5.14. The molecule has 124 valence electrons. The smallest absolute Gasteiger partial charge is 0.338 e. The van der Waals surface area contributed by atoms with Crippen LogP contribution >= 0.6 is 0 Å². The summed E-state index contributed by atoms with van der Waals surface area (Å²) in [4.78, 5) is 24.1. The second-order valence-electron chi connectivity index (χ2n) is 6.21. The molecule has 0 bridgehead atoms. The molecular formula is C20H21NO3. The Kier molecular flexibility index (Phi) is 4.65. The largest absolute Gasteiger partial charge is 0.452 e. The Balaban J connectivity index is 1.57. The molecule has 1 amide bonds. The molecule has 2 aromatic rings. The van der Waals surface area contributed by atoms with Gasteiger partial charge in [0.05, 0.1) is 5.56 Å². The van der Waals surface area contributed by atoms with Gasteiger partial charge in [-0.2, -0.15) is 0 Å². The van der Waals surface area contributed by atoms with Crippen molar-refractivity contribution in [3.63, 3.8) is 0 Å². The molecule has 0 unspecified atom stereocenters. The van der Waals surface area contributed by atoms with E-state index in [9.17, 15) is 9.59 Å². The molecule has 0 saturated carbocycles. The second kappa shape index (κ2) is 6.87. The van der Waals surface area contributed by atoms with Gasteiger partial charge in [0.15, 0.2) is 6.61 Å². The van der Waals surface area contributed by atoms with Crippen molar-refractivity contribution in [2.45, 2.75) is 33.1 Å². The average Bonchev–Trinajstić information content (AvgIpc) is 3.03. The maximum absolute atomic E-state index is 12.1. The number of fused-ring (bicyclic) bond motifs is 1. The number of hydrogen-bond donors (Lipinski definition) is 1. The lowest BCUT2D eigenvalue weighted by molar-refractivity contribution is -0.119. The number of nitrogens with one attached hydrogen (secondary N) is 1. The Bertz CT molecular complexity index is 795. The van der Waals surface area contributed by atoms with Gasteiger partial charge in [0, 0.05) is 5.69 Å². The summed E-state index contributed by atoms with van der Waals surface area (Å²) in [7, 11) is 0. The molecule has 24 heavy (non-hydrogen) atoms. The maximum atomic E-state index is 12.1. The lowest BCUT2D eigenvalue weighted by Crippen LogP contribution is -2.21. The third-order valence-corrected chi connectivity index (χ3v) is 4.54. The van der Waals surface area contributed by atoms with Crippen LogP contribution in [-0.2, 0) is 22.4 Å². The molecule has 1 aliphatic carbocycles. The fourth-order valence-corrected chi connectivity index (χ4v) is 3.03. The molecule has 0 heterocycles. The first kappa shape index (κ1) is 16.2. The highest BCUT2D eigenvalue weighted by molar-refractivity contribution is 5.96. The van der Waals surface area contributed by atoms with E-state index in [1.807, 2.05) is 38.1 Å². The summed E-state index contributed by atoms with van der Waals surface area (Å²) >= 11 is 0. The van der Waals surface area contributed by atoms with Crippen molar-refractivity contribution in [3.8, 4) is 0 Å². The quantitative estimate of drug-likeness (QED) is 0.875. The molecule has 1 aliphatic rings. The van der Waals surface area contributed by atoms with E-state index >= 15 is 0 Å². The highest BCUT2D eigenvalue weighted by atomic mass is 16.5. The molecular weight excluding hydrogens is 302 g/mol. The standard InChI is InChI=1S/C20H21NO3/c1-13-5-3-8-18(14(13)2)20(23)24-12-19(22)21-17-10-9-15-6-4-7-16(15)11-17/h3,5,8-11H,4,6-7,12H2,1-2H3,(H,21,22). The van der Waals surface area contributed by atoms with E-state index in [2.05, 4.69) is 11.4 Å². The molecule has 3 rings (SSSR count).